The van der Waals surface area contributed by atoms with Crippen LogP contribution in [0.25, 0.3) is 0 Å². The van der Waals surface area contributed by atoms with Crippen LogP contribution in [0.1, 0.15) is 38.6 Å². The first kappa shape index (κ1) is 12.5. The fourth-order valence-electron chi connectivity index (χ4n) is 1.63. The number of ether oxygens (including phenoxy) is 1. The van der Waals surface area contributed by atoms with E-state index in [2.05, 4.69) is 44.5 Å². The van der Waals surface area contributed by atoms with Gasteiger partial charge in [0.15, 0.2) is 0 Å². The highest BCUT2D eigenvalue weighted by molar-refractivity contribution is 7.10. The van der Waals surface area contributed by atoms with Crippen molar-refractivity contribution in [2.24, 2.45) is 5.41 Å². The lowest BCUT2D eigenvalue weighted by molar-refractivity contribution is 0.280. The SMILES string of the molecule is CCNC(c1cc(OC)cs1)C(C)(C)C. The molecule has 0 aliphatic heterocycles. The molecule has 0 bridgehead atoms. The van der Waals surface area contributed by atoms with Crippen molar-refractivity contribution < 1.29 is 4.74 Å². The highest BCUT2D eigenvalue weighted by Gasteiger charge is 2.26. The molecule has 0 saturated heterocycles. The molecule has 15 heavy (non-hydrogen) atoms. The normalized spacial score (nSPS) is 13.9. The van der Waals surface area contributed by atoms with Gasteiger partial charge in [-0.05, 0) is 18.0 Å². The van der Waals surface area contributed by atoms with E-state index in [1.165, 1.54) is 4.88 Å². The van der Waals surface area contributed by atoms with Gasteiger partial charge in [0.25, 0.3) is 0 Å². The molecule has 0 fully saturated rings. The number of rotatable bonds is 4. The lowest BCUT2D eigenvalue weighted by Crippen LogP contribution is -2.31. The summed E-state index contributed by atoms with van der Waals surface area (Å²) in [7, 11) is 1.71. The van der Waals surface area contributed by atoms with Gasteiger partial charge >= 0.3 is 0 Å². The molecule has 1 rings (SSSR count). The average Bonchev–Trinajstić information content (AvgIpc) is 2.60. The molecule has 86 valence electrons. The summed E-state index contributed by atoms with van der Waals surface area (Å²) >= 11 is 1.76. The number of methoxy groups -OCH3 is 1. The monoisotopic (exact) mass is 227 g/mol. The largest absolute Gasteiger partial charge is 0.496 e. The van der Waals surface area contributed by atoms with Crippen LogP contribution in [0.3, 0.4) is 0 Å². The van der Waals surface area contributed by atoms with Crippen LogP contribution < -0.4 is 10.1 Å². The van der Waals surface area contributed by atoms with E-state index in [0.29, 0.717) is 6.04 Å². The van der Waals surface area contributed by atoms with E-state index in [-0.39, 0.29) is 5.41 Å². The Balaban J connectivity index is 2.88. The van der Waals surface area contributed by atoms with E-state index in [1.54, 1.807) is 18.4 Å². The number of thiophene rings is 1. The minimum Gasteiger partial charge on any atom is -0.496 e. The van der Waals surface area contributed by atoms with Crippen LogP contribution in [0.5, 0.6) is 5.75 Å². The molecule has 1 aromatic rings. The average molecular weight is 227 g/mol. The van der Waals surface area contributed by atoms with Gasteiger partial charge in [0, 0.05) is 16.3 Å². The van der Waals surface area contributed by atoms with Crippen LogP contribution in [-0.4, -0.2) is 13.7 Å². The summed E-state index contributed by atoms with van der Waals surface area (Å²) in [5.74, 6) is 0.960. The summed E-state index contributed by atoms with van der Waals surface area (Å²) in [5, 5.41) is 5.59. The highest BCUT2D eigenvalue weighted by Crippen LogP contribution is 2.37. The molecule has 1 atom stereocenters. The molecule has 0 aliphatic carbocycles. The quantitative estimate of drug-likeness (QED) is 0.850. The van der Waals surface area contributed by atoms with Crippen LogP contribution in [0.2, 0.25) is 0 Å². The Morgan fingerprint density at radius 3 is 2.53 bits per heavy atom. The maximum atomic E-state index is 5.22. The second kappa shape index (κ2) is 4.99. The van der Waals surface area contributed by atoms with Gasteiger partial charge in [-0.3, -0.25) is 0 Å². The molecule has 2 nitrogen and oxygen atoms in total. The molecule has 0 radical (unpaired) electrons. The van der Waals surface area contributed by atoms with E-state index in [9.17, 15) is 0 Å². The Labute approximate surface area is 96.7 Å². The first-order valence-corrected chi connectivity index (χ1v) is 6.22. The number of nitrogens with one attached hydrogen (secondary N) is 1. The lowest BCUT2D eigenvalue weighted by Gasteiger charge is -2.30. The van der Waals surface area contributed by atoms with Crippen molar-refractivity contribution in [2.75, 3.05) is 13.7 Å². The Bertz CT molecular complexity index is 301. The van der Waals surface area contributed by atoms with E-state index < -0.39 is 0 Å². The Hall–Kier alpha value is -0.540. The Morgan fingerprint density at radius 2 is 2.13 bits per heavy atom. The first-order chi connectivity index (χ1) is 6.99. The van der Waals surface area contributed by atoms with Crippen molar-refractivity contribution in [1.82, 2.24) is 5.32 Å². The molecule has 3 heteroatoms. The predicted molar refractivity (Wildman–Crippen MR) is 66.7 cm³/mol. The van der Waals surface area contributed by atoms with Gasteiger partial charge in [0.2, 0.25) is 0 Å². The number of hydrogen-bond acceptors (Lipinski definition) is 3. The van der Waals surface area contributed by atoms with Crippen molar-refractivity contribution in [1.29, 1.82) is 0 Å². The lowest BCUT2D eigenvalue weighted by atomic mass is 9.86. The summed E-state index contributed by atoms with van der Waals surface area (Å²) in [5.41, 5.74) is 0.228. The second-order valence-electron chi connectivity index (χ2n) is 4.75. The van der Waals surface area contributed by atoms with Gasteiger partial charge in [-0.2, -0.15) is 0 Å². The van der Waals surface area contributed by atoms with E-state index in [0.717, 1.165) is 12.3 Å². The minimum absolute atomic E-state index is 0.228. The predicted octanol–water partition coefficient (Wildman–Crippen LogP) is 3.45. The fraction of sp³-hybridized carbons (Fsp3) is 0.667. The van der Waals surface area contributed by atoms with Crippen molar-refractivity contribution in [3.05, 3.63) is 16.3 Å². The van der Waals surface area contributed by atoms with Crippen LogP contribution in [0.4, 0.5) is 0 Å². The minimum atomic E-state index is 0.228. The molecule has 0 aromatic carbocycles. The topological polar surface area (TPSA) is 21.3 Å². The standard InChI is InChI=1S/C12H21NOS/c1-6-13-11(12(2,3)4)10-7-9(14-5)8-15-10/h7-8,11,13H,6H2,1-5H3. The van der Waals surface area contributed by atoms with Gasteiger partial charge < -0.3 is 10.1 Å². The third-order valence-corrected chi connectivity index (χ3v) is 3.37. The summed E-state index contributed by atoms with van der Waals surface area (Å²) in [6.07, 6.45) is 0. The van der Waals surface area contributed by atoms with E-state index in [4.69, 9.17) is 4.74 Å². The van der Waals surface area contributed by atoms with Gasteiger partial charge in [-0.25, -0.2) is 0 Å². The Morgan fingerprint density at radius 1 is 1.47 bits per heavy atom. The molecule has 1 heterocycles. The molecule has 0 spiro atoms. The van der Waals surface area contributed by atoms with Gasteiger partial charge in [0.05, 0.1) is 7.11 Å². The van der Waals surface area contributed by atoms with Crippen LogP contribution >= 0.6 is 11.3 Å². The van der Waals surface area contributed by atoms with Crippen LogP contribution in [0.15, 0.2) is 11.4 Å². The van der Waals surface area contributed by atoms with Crippen molar-refractivity contribution in [2.45, 2.75) is 33.7 Å². The maximum Gasteiger partial charge on any atom is 0.129 e. The van der Waals surface area contributed by atoms with E-state index in [1.807, 2.05) is 0 Å². The third kappa shape index (κ3) is 3.21. The van der Waals surface area contributed by atoms with Gasteiger partial charge in [-0.1, -0.05) is 27.7 Å². The zero-order valence-electron chi connectivity index (χ0n) is 10.3. The van der Waals surface area contributed by atoms with Crippen LogP contribution in [-0.2, 0) is 0 Å². The first-order valence-electron chi connectivity index (χ1n) is 5.34. The third-order valence-electron chi connectivity index (χ3n) is 2.39. The maximum absolute atomic E-state index is 5.22. The highest BCUT2D eigenvalue weighted by atomic mass is 32.1. The van der Waals surface area contributed by atoms with Crippen molar-refractivity contribution in [3.8, 4) is 5.75 Å². The number of hydrogen-bond donors (Lipinski definition) is 1. The molecular formula is C12H21NOS. The summed E-state index contributed by atoms with van der Waals surface area (Å²) in [6, 6.07) is 2.53. The molecule has 0 amide bonds. The summed E-state index contributed by atoms with van der Waals surface area (Å²) in [6.45, 7) is 9.90. The second-order valence-corrected chi connectivity index (χ2v) is 5.69. The summed E-state index contributed by atoms with van der Waals surface area (Å²) < 4.78 is 5.22. The zero-order chi connectivity index (χ0) is 11.5. The summed E-state index contributed by atoms with van der Waals surface area (Å²) in [4.78, 5) is 1.35. The molecule has 0 saturated carbocycles. The van der Waals surface area contributed by atoms with Crippen molar-refractivity contribution >= 4 is 11.3 Å². The van der Waals surface area contributed by atoms with Gasteiger partial charge in [-0.15, -0.1) is 11.3 Å². The molecule has 1 N–H and O–H groups in total. The van der Waals surface area contributed by atoms with Crippen molar-refractivity contribution in [3.63, 3.8) is 0 Å². The smallest absolute Gasteiger partial charge is 0.129 e. The van der Waals surface area contributed by atoms with Gasteiger partial charge in [0.1, 0.15) is 5.75 Å². The zero-order valence-corrected chi connectivity index (χ0v) is 11.1. The van der Waals surface area contributed by atoms with Crippen LogP contribution in [0, 0.1) is 5.41 Å². The molecule has 1 aromatic heterocycles. The molecule has 0 aliphatic rings. The Kier molecular flexibility index (Phi) is 4.17. The molecular weight excluding hydrogens is 206 g/mol. The molecule has 1 unspecified atom stereocenters. The fourth-order valence-corrected chi connectivity index (χ4v) is 2.80. The van der Waals surface area contributed by atoms with E-state index >= 15 is 0 Å².